The van der Waals surface area contributed by atoms with Gasteiger partial charge in [0.2, 0.25) is 5.91 Å². The summed E-state index contributed by atoms with van der Waals surface area (Å²) in [7, 11) is 0. The summed E-state index contributed by atoms with van der Waals surface area (Å²) in [6.07, 6.45) is 4.09. The van der Waals surface area contributed by atoms with Gasteiger partial charge in [0.1, 0.15) is 6.10 Å². The van der Waals surface area contributed by atoms with E-state index in [1.165, 1.54) is 0 Å². The van der Waals surface area contributed by atoms with E-state index in [2.05, 4.69) is 5.32 Å². The molecule has 3 nitrogen and oxygen atoms in total. The molecule has 1 saturated carbocycles. The molecule has 0 aromatic carbocycles. The molecule has 2 aliphatic rings. The van der Waals surface area contributed by atoms with Crippen molar-refractivity contribution in [3.8, 4) is 0 Å². The smallest absolute Gasteiger partial charge is 0.249 e. The lowest BCUT2D eigenvalue weighted by Gasteiger charge is -2.08. The third-order valence-electron chi connectivity index (χ3n) is 2.15. The van der Waals surface area contributed by atoms with Crippen molar-refractivity contribution in [2.24, 2.45) is 0 Å². The molecule has 2 rings (SSSR count). The van der Waals surface area contributed by atoms with E-state index in [4.69, 9.17) is 4.74 Å². The predicted octanol–water partition coefficient (Wildman–Crippen LogP) is 0.444. The zero-order chi connectivity index (χ0) is 7.68. The van der Waals surface area contributed by atoms with E-state index in [1.807, 2.05) is 0 Å². The number of hydrogen-bond donors (Lipinski definition) is 1. The SMILES string of the molecule is O=C(NC1CC1)[C@H]1CCCO1. The summed E-state index contributed by atoms with van der Waals surface area (Å²) in [4.78, 5) is 11.3. The molecule has 1 N–H and O–H groups in total. The standard InChI is InChI=1S/C8H13NO2/c10-8(9-6-3-4-6)7-2-1-5-11-7/h6-7H,1-5H2,(H,9,10)/t7-/m1/s1. The molecule has 1 aliphatic heterocycles. The summed E-state index contributed by atoms with van der Waals surface area (Å²) in [5.74, 6) is 0.102. The minimum Gasteiger partial charge on any atom is -0.368 e. The maximum Gasteiger partial charge on any atom is 0.249 e. The molecule has 0 bridgehead atoms. The van der Waals surface area contributed by atoms with Gasteiger partial charge in [-0.1, -0.05) is 0 Å². The summed E-state index contributed by atoms with van der Waals surface area (Å²) in [5, 5.41) is 2.93. The van der Waals surface area contributed by atoms with Gasteiger partial charge in [-0.05, 0) is 25.7 Å². The average molecular weight is 155 g/mol. The first-order chi connectivity index (χ1) is 5.36. The molecule has 0 unspecified atom stereocenters. The minimum atomic E-state index is -0.143. The number of carbonyl (C=O) groups excluding carboxylic acids is 1. The Bertz CT molecular complexity index is 159. The largest absolute Gasteiger partial charge is 0.368 e. The highest BCUT2D eigenvalue weighted by Gasteiger charge is 2.29. The number of rotatable bonds is 2. The van der Waals surface area contributed by atoms with Crippen molar-refractivity contribution in [1.29, 1.82) is 0 Å². The van der Waals surface area contributed by atoms with Gasteiger partial charge in [-0.3, -0.25) is 4.79 Å². The average Bonchev–Trinajstić information content (AvgIpc) is 2.67. The molecular formula is C8H13NO2. The third kappa shape index (κ3) is 1.71. The van der Waals surface area contributed by atoms with Crippen LogP contribution >= 0.6 is 0 Å². The fourth-order valence-corrected chi connectivity index (χ4v) is 1.31. The summed E-state index contributed by atoms with van der Waals surface area (Å²) < 4.78 is 5.23. The van der Waals surface area contributed by atoms with Crippen molar-refractivity contribution >= 4 is 5.91 Å². The van der Waals surface area contributed by atoms with Crippen LogP contribution < -0.4 is 5.32 Å². The summed E-state index contributed by atoms with van der Waals surface area (Å²) in [6.45, 7) is 0.753. The molecule has 3 heteroatoms. The monoisotopic (exact) mass is 155 g/mol. The normalized spacial score (nSPS) is 30.4. The van der Waals surface area contributed by atoms with Crippen molar-refractivity contribution in [3.63, 3.8) is 0 Å². The van der Waals surface area contributed by atoms with Gasteiger partial charge in [0.25, 0.3) is 0 Å². The van der Waals surface area contributed by atoms with Crippen LogP contribution in [-0.4, -0.2) is 24.7 Å². The Morgan fingerprint density at radius 2 is 2.18 bits per heavy atom. The Hall–Kier alpha value is -0.570. The third-order valence-corrected chi connectivity index (χ3v) is 2.15. The first kappa shape index (κ1) is 7.10. The van der Waals surface area contributed by atoms with Gasteiger partial charge in [-0.15, -0.1) is 0 Å². The molecule has 1 amide bonds. The lowest BCUT2D eigenvalue weighted by molar-refractivity contribution is -0.130. The van der Waals surface area contributed by atoms with Gasteiger partial charge in [-0.2, -0.15) is 0 Å². The summed E-state index contributed by atoms with van der Waals surface area (Å²) in [6, 6.07) is 0.465. The van der Waals surface area contributed by atoms with Crippen molar-refractivity contribution in [3.05, 3.63) is 0 Å². The molecule has 1 heterocycles. The zero-order valence-electron chi connectivity index (χ0n) is 6.51. The van der Waals surface area contributed by atoms with E-state index < -0.39 is 0 Å². The molecule has 11 heavy (non-hydrogen) atoms. The molecule has 62 valence electrons. The van der Waals surface area contributed by atoms with E-state index in [-0.39, 0.29) is 12.0 Å². The number of nitrogens with one attached hydrogen (secondary N) is 1. The maximum atomic E-state index is 11.3. The van der Waals surface area contributed by atoms with Gasteiger partial charge in [0, 0.05) is 12.6 Å². The molecule has 1 saturated heterocycles. The van der Waals surface area contributed by atoms with Crippen molar-refractivity contribution in [2.45, 2.75) is 37.8 Å². The fraction of sp³-hybridized carbons (Fsp3) is 0.875. The van der Waals surface area contributed by atoms with Crippen LogP contribution in [-0.2, 0) is 9.53 Å². The van der Waals surface area contributed by atoms with Crippen LogP contribution in [0.1, 0.15) is 25.7 Å². The van der Waals surface area contributed by atoms with Crippen LogP contribution in [0.4, 0.5) is 0 Å². The van der Waals surface area contributed by atoms with Crippen LogP contribution in [0.3, 0.4) is 0 Å². The summed E-state index contributed by atoms with van der Waals surface area (Å²) >= 11 is 0. The lowest BCUT2D eigenvalue weighted by Crippen LogP contribution is -2.35. The number of carbonyl (C=O) groups is 1. The quantitative estimate of drug-likeness (QED) is 0.628. The second-order valence-electron chi connectivity index (χ2n) is 3.28. The van der Waals surface area contributed by atoms with E-state index >= 15 is 0 Å². The second-order valence-corrected chi connectivity index (χ2v) is 3.28. The number of ether oxygens (including phenoxy) is 1. The summed E-state index contributed by atoms with van der Waals surface area (Å²) in [5.41, 5.74) is 0. The second kappa shape index (κ2) is 2.81. The Kier molecular flexibility index (Phi) is 1.82. The Morgan fingerprint density at radius 1 is 1.36 bits per heavy atom. The minimum absolute atomic E-state index is 0.102. The van der Waals surface area contributed by atoms with E-state index in [1.54, 1.807) is 0 Å². The Balaban J connectivity index is 1.77. The number of hydrogen-bond acceptors (Lipinski definition) is 2. The van der Waals surface area contributed by atoms with Crippen molar-refractivity contribution < 1.29 is 9.53 Å². The molecule has 0 aromatic heterocycles. The van der Waals surface area contributed by atoms with Crippen LogP contribution in [0.25, 0.3) is 0 Å². The van der Waals surface area contributed by atoms with Crippen LogP contribution in [0, 0.1) is 0 Å². The van der Waals surface area contributed by atoms with Crippen LogP contribution in [0.15, 0.2) is 0 Å². The first-order valence-electron chi connectivity index (χ1n) is 4.28. The molecule has 0 radical (unpaired) electrons. The van der Waals surface area contributed by atoms with Gasteiger partial charge in [-0.25, -0.2) is 0 Å². The molecule has 2 fully saturated rings. The maximum absolute atomic E-state index is 11.3. The van der Waals surface area contributed by atoms with Gasteiger partial charge < -0.3 is 10.1 Å². The zero-order valence-corrected chi connectivity index (χ0v) is 6.51. The van der Waals surface area contributed by atoms with Crippen molar-refractivity contribution in [1.82, 2.24) is 5.32 Å². The van der Waals surface area contributed by atoms with E-state index in [0.717, 1.165) is 32.3 Å². The highest BCUT2D eigenvalue weighted by Crippen LogP contribution is 2.20. The topological polar surface area (TPSA) is 38.3 Å². The Morgan fingerprint density at radius 3 is 2.73 bits per heavy atom. The van der Waals surface area contributed by atoms with E-state index in [9.17, 15) is 4.79 Å². The molecular weight excluding hydrogens is 142 g/mol. The van der Waals surface area contributed by atoms with Crippen LogP contribution in [0.5, 0.6) is 0 Å². The Labute approximate surface area is 66.1 Å². The molecule has 0 spiro atoms. The predicted molar refractivity (Wildman–Crippen MR) is 40.1 cm³/mol. The van der Waals surface area contributed by atoms with Gasteiger partial charge in [0.15, 0.2) is 0 Å². The van der Waals surface area contributed by atoms with Gasteiger partial charge in [0.05, 0.1) is 0 Å². The highest BCUT2D eigenvalue weighted by molar-refractivity contribution is 5.81. The van der Waals surface area contributed by atoms with E-state index in [0.29, 0.717) is 6.04 Å². The number of amides is 1. The van der Waals surface area contributed by atoms with Crippen LogP contribution in [0.2, 0.25) is 0 Å². The molecule has 0 aromatic rings. The molecule has 1 aliphatic carbocycles. The highest BCUT2D eigenvalue weighted by atomic mass is 16.5. The fourth-order valence-electron chi connectivity index (χ4n) is 1.31. The first-order valence-corrected chi connectivity index (χ1v) is 4.28. The molecule has 1 atom stereocenters. The lowest BCUT2D eigenvalue weighted by atomic mass is 10.2. The van der Waals surface area contributed by atoms with Crippen molar-refractivity contribution in [2.75, 3.05) is 6.61 Å². The van der Waals surface area contributed by atoms with Gasteiger partial charge >= 0.3 is 0 Å².